The SMILES string of the molecule is CC(C)(C)CC(CC(=O)O)NC(=O)c1ccc(CN)cc1. The molecule has 1 aromatic rings. The van der Waals surface area contributed by atoms with Crippen LogP contribution in [-0.4, -0.2) is 23.0 Å². The fourth-order valence-corrected chi connectivity index (χ4v) is 2.19. The lowest BCUT2D eigenvalue weighted by Gasteiger charge is -2.25. The number of hydrogen-bond donors (Lipinski definition) is 3. The van der Waals surface area contributed by atoms with Crippen molar-refractivity contribution >= 4 is 11.9 Å². The number of carbonyl (C=O) groups is 2. The van der Waals surface area contributed by atoms with Crippen molar-refractivity contribution in [2.24, 2.45) is 11.1 Å². The van der Waals surface area contributed by atoms with Gasteiger partial charge in [0.2, 0.25) is 0 Å². The van der Waals surface area contributed by atoms with Crippen molar-refractivity contribution in [3.63, 3.8) is 0 Å². The zero-order chi connectivity index (χ0) is 16.0. The van der Waals surface area contributed by atoms with Crippen LogP contribution >= 0.6 is 0 Å². The first kappa shape index (κ1) is 17.2. The zero-order valence-corrected chi connectivity index (χ0v) is 12.8. The summed E-state index contributed by atoms with van der Waals surface area (Å²) in [6.45, 7) is 6.48. The average molecular weight is 292 g/mol. The minimum absolute atomic E-state index is 0.0587. The fourth-order valence-electron chi connectivity index (χ4n) is 2.19. The molecule has 0 aliphatic carbocycles. The molecule has 4 N–H and O–H groups in total. The molecular weight excluding hydrogens is 268 g/mol. The van der Waals surface area contributed by atoms with Crippen LogP contribution in [0.1, 0.15) is 49.5 Å². The van der Waals surface area contributed by atoms with E-state index >= 15 is 0 Å². The van der Waals surface area contributed by atoms with Crippen molar-refractivity contribution in [2.75, 3.05) is 0 Å². The minimum atomic E-state index is -0.914. The smallest absolute Gasteiger partial charge is 0.305 e. The molecule has 116 valence electrons. The molecule has 0 fully saturated rings. The summed E-state index contributed by atoms with van der Waals surface area (Å²) in [7, 11) is 0. The van der Waals surface area contributed by atoms with Crippen LogP contribution in [0.15, 0.2) is 24.3 Å². The van der Waals surface area contributed by atoms with Gasteiger partial charge in [-0.2, -0.15) is 0 Å². The van der Waals surface area contributed by atoms with Crippen LogP contribution in [0.4, 0.5) is 0 Å². The van der Waals surface area contributed by atoms with Gasteiger partial charge >= 0.3 is 5.97 Å². The number of carboxylic acid groups (broad SMARTS) is 1. The molecule has 5 heteroatoms. The van der Waals surface area contributed by atoms with Gasteiger partial charge in [-0.05, 0) is 29.5 Å². The molecule has 1 aromatic carbocycles. The Morgan fingerprint density at radius 1 is 1.24 bits per heavy atom. The first-order valence-corrected chi connectivity index (χ1v) is 7.03. The molecule has 0 spiro atoms. The monoisotopic (exact) mass is 292 g/mol. The molecule has 1 atom stereocenters. The summed E-state index contributed by atoms with van der Waals surface area (Å²) >= 11 is 0. The Balaban J connectivity index is 2.76. The summed E-state index contributed by atoms with van der Waals surface area (Å²) in [5, 5.41) is 11.8. The predicted octanol–water partition coefficient (Wildman–Crippen LogP) is 2.15. The summed E-state index contributed by atoms with van der Waals surface area (Å²) in [5.74, 6) is -1.17. The van der Waals surface area contributed by atoms with Crippen molar-refractivity contribution in [1.29, 1.82) is 0 Å². The van der Waals surface area contributed by atoms with Crippen LogP contribution in [0.3, 0.4) is 0 Å². The van der Waals surface area contributed by atoms with Crippen LogP contribution in [0.2, 0.25) is 0 Å². The molecule has 21 heavy (non-hydrogen) atoms. The highest BCUT2D eigenvalue weighted by atomic mass is 16.4. The van der Waals surface area contributed by atoms with E-state index in [0.717, 1.165) is 5.56 Å². The van der Waals surface area contributed by atoms with Crippen LogP contribution < -0.4 is 11.1 Å². The second-order valence-corrected chi connectivity index (χ2v) is 6.43. The Hall–Kier alpha value is -1.88. The molecule has 1 unspecified atom stereocenters. The number of nitrogens with two attached hydrogens (primary N) is 1. The number of benzene rings is 1. The lowest BCUT2D eigenvalue weighted by Crippen LogP contribution is -2.39. The number of aliphatic carboxylic acids is 1. The van der Waals surface area contributed by atoms with Crippen molar-refractivity contribution in [2.45, 2.75) is 46.2 Å². The summed E-state index contributed by atoms with van der Waals surface area (Å²) in [6, 6.07) is 6.61. The second-order valence-electron chi connectivity index (χ2n) is 6.43. The lowest BCUT2D eigenvalue weighted by atomic mass is 9.87. The molecule has 5 nitrogen and oxygen atoms in total. The third-order valence-electron chi connectivity index (χ3n) is 3.07. The molecular formula is C16H24N2O3. The highest BCUT2D eigenvalue weighted by Crippen LogP contribution is 2.22. The fraction of sp³-hybridized carbons (Fsp3) is 0.500. The molecule has 0 bridgehead atoms. The van der Waals surface area contributed by atoms with Crippen molar-refractivity contribution < 1.29 is 14.7 Å². The molecule has 1 amide bonds. The van der Waals surface area contributed by atoms with E-state index in [-0.39, 0.29) is 23.8 Å². The number of carboxylic acids is 1. The summed E-state index contributed by atoms with van der Waals surface area (Å²) in [4.78, 5) is 23.1. The summed E-state index contributed by atoms with van der Waals surface area (Å²) in [6.07, 6.45) is 0.524. The van der Waals surface area contributed by atoms with Gasteiger partial charge in [0.1, 0.15) is 0 Å². The average Bonchev–Trinajstić information content (AvgIpc) is 2.36. The number of rotatable bonds is 6. The Bertz CT molecular complexity index is 489. The van der Waals surface area contributed by atoms with E-state index in [1.54, 1.807) is 24.3 Å². The van der Waals surface area contributed by atoms with Crippen LogP contribution in [0.5, 0.6) is 0 Å². The maximum Gasteiger partial charge on any atom is 0.305 e. The first-order valence-electron chi connectivity index (χ1n) is 7.03. The van der Waals surface area contributed by atoms with Gasteiger partial charge in [0.25, 0.3) is 5.91 Å². The van der Waals surface area contributed by atoms with Gasteiger partial charge in [-0.1, -0.05) is 32.9 Å². The van der Waals surface area contributed by atoms with Crippen molar-refractivity contribution in [3.05, 3.63) is 35.4 Å². The minimum Gasteiger partial charge on any atom is -0.481 e. The molecule has 0 saturated heterocycles. The first-order chi connectivity index (χ1) is 9.71. The second kappa shape index (κ2) is 7.22. The molecule has 1 rings (SSSR count). The number of nitrogens with one attached hydrogen (secondary N) is 1. The van der Waals surface area contributed by atoms with Crippen LogP contribution in [-0.2, 0) is 11.3 Å². The van der Waals surface area contributed by atoms with E-state index in [0.29, 0.717) is 18.5 Å². The highest BCUT2D eigenvalue weighted by Gasteiger charge is 2.23. The largest absolute Gasteiger partial charge is 0.481 e. The van der Waals surface area contributed by atoms with Gasteiger partial charge < -0.3 is 16.2 Å². The molecule has 0 heterocycles. The quantitative estimate of drug-likeness (QED) is 0.749. The molecule has 0 radical (unpaired) electrons. The zero-order valence-electron chi connectivity index (χ0n) is 12.8. The number of hydrogen-bond acceptors (Lipinski definition) is 3. The Morgan fingerprint density at radius 3 is 2.24 bits per heavy atom. The lowest BCUT2D eigenvalue weighted by molar-refractivity contribution is -0.137. The van der Waals surface area contributed by atoms with Gasteiger partial charge in [0.15, 0.2) is 0 Å². The van der Waals surface area contributed by atoms with Crippen LogP contribution in [0.25, 0.3) is 0 Å². The Labute approximate surface area is 125 Å². The van der Waals surface area contributed by atoms with Crippen molar-refractivity contribution in [3.8, 4) is 0 Å². The predicted molar refractivity (Wildman–Crippen MR) is 81.9 cm³/mol. The third-order valence-corrected chi connectivity index (χ3v) is 3.07. The number of carbonyl (C=O) groups excluding carboxylic acids is 1. The number of amides is 1. The van der Waals surface area contributed by atoms with Gasteiger partial charge in [-0.25, -0.2) is 0 Å². The van der Waals surface area contributed by atoms with E-state index < -0.39 is 5.97 Å². The molecule has 0 aromatic heterocycles. The Kier molecular flexibility index (Phi) is 5.90. The normalized spacial score (nSPS) is 12.8. The van der Waals surface area contributed by atoms with Gasteiger partial charge in [0.05, 0.1) is 6.42 Å². The van der Waals surface area contributed by atoms with E-state index in [9.17, 15) is 9.59 Å². The topological polar surface area (TPSA) is 92.4 Å². The molecule has 0 saturated carbocycles. The molecule has 0 aliphatic rings. The van der Waals surface area contributed by atoms with Gasteiger partial charge in [-0.3, -0.25) is 9.59 Å². The third kappa shape index (κ3) is 6.40. The standard InChI is InChI=1S/C16H24N2O3/c1-16(2,3)9-13(8-14(19)20)18-15(21)12-6-4-11(10-17)5-7-12/h4-7,13H,8-10,17H2,1-3H3,(H,18,21)(H,19,20). The summed E-state index contributed by atoms with van der Waals surface area (Å²) in [5.41, 5.74) is 6.91. The Morgan fingerprint density at radius 2 is 1.81 bits per heavy atom. The van der Waals surface area contributed by atoms with Crippen molar-refractivity contribution in [1.82, 2.24) is 5.32 Å². The summed E-state index contributed by atoms with van der Waals surface area (Å²) < 4.78 is 0. The van der Waals surface area contributed by atoms with E-state index in [4.69, 9.17) is 10.8 Å². The molecule has 0 aliphatic heterocycles. The maximum atomic E-state index is 12.2. The van der Waals surface area contributed by atoms with Gasteiger partial charge in [-0.15, -0.1) is 0 Å². The van der Waals surface area contributed by atoms with E-state index in [1.165, 1.54) is 0 Å². The maximum absolute atomic E-state index is 12.2. The van der Waals surface area contributed by atoms with E-state index in [2.05, 4.69) is 5.32 Å². The van der Waals surface area contributed by atoms with Gasteiger partial charge in [0, 0.05) is 18.2 Å². The highest BCUT2D eigenvalue weighted by molar-refractivity contribution is 5.94. The van der Waals surface area contributed by atoms with Crippen LogP contribution in [0, 0.1) is 5.41 Å². The van der Waals surface area contributed by atoms with E-state index in [1.807, 2.05) is 20.8 Å².